The van der Waals surface area contributed by atoms with Gasteiger partial charge >= 0.3 is 0 Å². The topological polar surface area (TPSA) is 58.2 Å². The van der Waals surface area contributed by atoms with Gasteiger partial charge in [-0.25, -0.2) is 4.39 Å². The highest BCUT2D eigenvalue weighted by Gasteiger charge is 2.33. The molecule has 1 aliphatic carbocycles. The molecule has 1 atom stereocenters. The quantitative estimate of drug-likeness (QED) is 0.904. The van der Waals surface area contributed by atoms with E-state index < -0.39 is 12.6 Å². The van der Waals surface area contributed by atoms with Crippen LogP contribution in [-0.4, -0.2) is 17.9 Å². The molecule has 0 radical (unpaired) electrons. The summed E-state index contributed by atoms with van der Waals surface area (Å²) in [6.07, 6.45) is 1.70. The van der Waals surface area contributed by atoms with Gasteiger partial charge in [-0.3, -0.25) is 9.59 Å². The number of halogens is 1. The largest absolute Gasteiger partial charge is 0.352 e. The van der Waals surface area contributed by atoms with Crippen LogP contribution < -0.4 is 10.6 Å². The van der Waals surface area contributed by atoms with E-state index in [1.54, 1.807) is 18.2 Å². The number of carbonyl (C=O) groups excluding carboxylic acids is 2. The summed E-state index contributed by atoms with van der Waals surface area (Å²) in [6, 6.07) is 13.2. The maximum absolute atomic E-state index is 13.0. The van der Waals surface area contributed by atoms with Gasteiger partial charge in [0.05, 0.1) is 5.92 Å². The van der Waals surface area contributed by atoms with Crippen LogP contribution in [0.5, 0.6) is 0 Å². The van der Waals surface area contributed by atoms with E-state index in [-0.39, 0.29) is 24.3 Å². The van der Waals surface area contributed by atoms with Gasteiger partial charge in [0, 0.05) is 18.2 Å². The van der Waals surface area contributed by atoms with Crippen molar-refractivity contribution in [3.8, 4) is 0 Å². The second-order valence-electron chi connectivity index (χ2n) is 6.74. The fourth-order valence-corrected chi connectivity index (χ4v) is 3.79. The summed E-state index contributed by atoms with van der Waals surface area (Å²) in [7, 11) is 0. The van der Waals surface area contributed by atoms with E-state index in [1.165, 1.54) is 11.1 Å². The van der Waals surface area contributed by atoms with Crippen molar-refractivity contribution in [2.45, 2.75) is 37.9 Å². The molecule has 0 spiro atoms. The molecule has 0 fully saturated rings. The lowest BCUT2D eigenvalue weighted by atomic mass is 9.88. The molecular formula is C20H19FN2O2. The number of nitrogens with one attached hydrogen (secondary N) is 2. The van der Waals surface area contributed by atoms with Crippen molar-refractivity contribution in [2.24, 2.45) is 0 Å². The number of alkyl halides is 1. The Morgan fingerprint density at radius 2 is 1.84 bits per heavy atom. The first kappa shape index (κ1) is 15.8. The average molecular weight is 338 g/mol. The van der Waals surface area contributed by atoms with Crippen molar-refractivity contribution in [3.05, 3.63) is 64.7 Å². The van der Waals surface area contributed by atoms with Crippen molar-refractivity contribution in [1.29, 1.82) is 0 Å². The normalized spacial score (nSPS) is 19.1. The number of amides is 2. The summed E-state index contributed by atoms with van der Waals surface area (Å²) >= 11 is 0. The fraction of sp³-hybridized carbons (Fsp3) is 0.300. The number of carbonyl (C=O) groups is 2. The number of anilines is 1. The summed E-state index contributed by atoms with van der Waals surface area (Å²) in [5.74, 6) is -0.917. The molecule has 0 saturated heterocycles. The van der Waals surface area contributed by atoms with Gasteiger partial charge in [0.1, 0.15) is 6.67 Å². The van der Waals surface area contributed by atoms with Crippen molar-refractivity contribution < 1.29 is 14.0 Å². The van der Waals surface area contributed by atoms with Crippen LogP contribution in [0.2, 0.25) is 0 Å². The van der Waals surface area contributed by atoms with Crippen LogP contribution in [0.25, 0.3) is 0 Å². The van der Waals surface area contributed by atoms with E-state index in [2.05, 4.69) is 22.8 Å². The third-order valence-corrected chi connectivity index (χ3v) is 5.02. The molecule has 4 rings (SSSR count). The van der Waals surface area contributed by atoms with Gasteiger partial charge < -0.3 is 10.6 Å². The lowest BCUT2D eigenvalue weighted by molar-refractivity contribution is -0.126. The Morgan fingerprint density at radius 1 is 1.12 bits per heavy atom. The first-order chi connectivity index (χ1) is 12.1. The Hall–Kier alpha value is -2.69. The summed E-state index contributed by atoms with van der Waals surface area (Å²) in [6.45, 7) is -0.590. The summed E-state index contributed by atoms with van der Waals surface area (Å²) in [5.41, 5.74) is 4.33. The zero-order chi connectivity index (χ0) is 17.4. The van der Waals surface area contributed by atoms with E-state index in [0.717, 1.165) is 12.8 Å². The molecule has 2 N–H and O–H groups in total. The smallest absolute Gasteiger partial charge is 0.228 e. The molecule has 25 heavy (non-hydrogen) atoms. The van der Waals surface area contributed by atoms with E-state index in [1.807, 2.05) is 12.1 Å². The predicted octanol–water partition coefficient (Wildman–Crippen LogP) is 2.87. The van der Waals surface area contributed by atoms with Gasteiger partial charge in [-0.1, -0.05) is 36.4 Å². The van der Waals surface area contributed by atoms with Crippen molar-refractivity contribution >= 4 is 17.5 Å². The molecular weight excluding hydrogens is 319 g/mol. The summed E-state index contributed by atoms with van der Waals surface area (Å²) in [5, 5.41) is 5.84. The maximum Gasteiger partial charge on any atom is 0.228 e. The van der Waals surface area contributed by atoms with E-state index in [9.17, 15) is 14.0 Å². The number of hydrogen-bond donors (Lipinski definition) is 2. The Bertz CT molecular complexity index is 824. The van der Waals surface area contributed by atoms with Crippen LogP contribution in [0.15, 0.2) is 42.5 Å². The van der Waals surface area contributed by atoms with Gasteiger partial charge in [0.25, 0.3) is 0 Å². The van der Waals surface area contributed by atoms with E-state index in [0.29, 0.717) is 16.8 Å². The Kier molecular flexibility index (Phi) is 3.99. The fourth-order valence-electron chi connectivity index (χ4n) is 3.79. The van der Waals surface area contributed by atoms with Crippen molar-refractivity contribution in [1.82, 2.24) is 5.32 Å². The molecule has 0 aromatic heterocycles. The second kappa shape index (κ2) is 6.31. The molecule has 2 aromatic rings. The lowest BCUT2D eigenvalue weighted by Crippen LogP contribution is -2.41. The highest BCUT2D eigenvalue weighted by Crippen LogP contribution is 2.34. The Labute approximate surface area is 145 Å². The van der Waals surface area contributed by atoms with Gasteiger partial charge in [0.15, 0.2) is 0 Å². The molecule has 0 saturated carbocycles. The third-order valence-electron chi connectivity index (χ3n) is 5.02. The second-order valence-corrected chi connectivity index (χ2v) is 6.74. The van der Waals surface area contributed by atoms with Crippen LogP contribution in [0, 0.1) is 0 Å². The van der Waals surface area contributed by atoms with E-state index in [4.69, 9.17) is 0 Å². The Balaban J connectivity index is 1.54. The molecule has 128 valence electrons. The number of hydrogen-bond acceptors (Lipinski definition) is 2. The van der Waals surface area contributed by atoms with Gasteiger partial charge in [-0.15, -0.1) is 0 Å². The van der Waals surface area contributed by atoms with Crippen LogP contribution >= 0.6 is 0 Å². The van der Waals surface area contributed by atoms with Crippen LogP contribution in [-0.2, 0) is 29.1 Å². The number of fused-ring (bicyclic) bond motifs is 2. The zero-order valence-corrected chi connectivity index (χ0v) is 13.7. The minimum absolute atomic E-state index is 0.0442. The van der Waals surface area contributed by atoms with Crippen molar-refractivity contribution in [2.75, 3.05) is 5.32 Å². The van der Waals surface area contributed by atoms with Crippen LogP contribution in [0.1, 0.15) is 34.6 Å². The molecule has 1 unspecified atom stereocenters. The minimum Gasteiger partial charge on any atom is -0.352 e. The first-order valence-corrected chi connectivity index (χ1v) is 8.50. The molecule has 5 heteroatoms. The Morgan fingerprint density at radius 3 is 2.52 bits per heavy atom. The molecule has 1 heterocycles. The standard InChI is InChI=1S/C20H19FN2O2/c21-11-12-5-6-18-16(7-12)17(10-19(24)23-18)20(25)22-15-8-13-3-1-2-4-14(13)9-15/h1-7,15,17H,8-11H2,(H,22,25)(H,23,24). The highest BCUT2D eigenvalue weighted by molar-refractivity contribution is 6.01. The third kappa shape index (κ3) is 3.02. The zero-order valence-electron chi connectivity index (χ0n) is 13.7. The SMILES string of the molecule is O=C1CC(C(=O)NC2Cc3ccccc3C2)c2cc(CF)ccc2N1. The van der Waals surface area contributed by atoms with Crippen LogP contribution in [0.3, 0.4) is 0 Å². The van der Waals surface area contributed by atoms with Crippen molar-refractivity contribution in [3.63, 3.8) is 0 Å². The molecule has 2 aliphatic rings. The molecule has 1 aliphatic heterocycles. The summed E-state index contributed by atoms with van der Waals surface area (Å²) in [4.78, 5) is 24.8. The molecule has 2 aromatic carbocycles. The molecule has 0 bridgehead atoms. The minimum atomic E-state index is -0.590. The average Bonchev–Trinajstić information content (AvgIpc) is 3.02. The van der Waals surface area contributed by atoms with Gasteiger partial charge in [-0.05, 0) is 41.2 Å². The lowest BCUT2D eigenvalue weighted by Gasteiger charge is -2.26. The maximum atomic E-state index is 13.0. The van der Waals surface area contributed by atoms with Gasteiger partial charge in [0.2, 0.25) is 11.8 Å². The first-order valence-electron chi connectivity index (χ1n) is 8.50. The van der Waals surface area contributed by atoms with Gasteiger partial charge in [-0.2, -0.15) is 0 Å². The monoisotopic (exact) mass is 338 g/mol. The van der Waals surface area contributed by atoms with E-state index >= 15 is 0 Å². The number of benzene rings is 2. The highest BCUT2D eigenvalue weighted by atomic mass is 19.1. The number of rotatable bonds is 3. The van der Waals surface area contributed by atoms with Crippen LogP contribution in [0.4, 0.5) is 10.1 Å². The predicted molar refractivity (Wildman–Crippen MR) is 93.0 cm³/mol. The summed E-state index contributed by atoms with van der Waals surface area (Å²) < 4.78 is 13.0. The molecule has 4 nitrogen and oxygen atoms in total. The molecule has 2 amide bonds.